The van der Waals surface area contributed by atoms with Crippen molar-refractivity contribution in [2.24, 2.45) is 5.92 Å². The monoisotopic (exact) mass is 344 g/mol. The molecule has 6 nitrogen and oxygen atoms in total. The Labute approximate surface area is 148 Å². The Kier molecular flexibility index (Phi) is 4.65. The second-order valence-electron chi connectivity index (χ2n) is 8.00. The standard InChI is InChI=1S/C19H28N4O2/c1-13(2)12-25-16-10-22(11-16)8-15-9-23-17(19(24)21-15)7-20-18(23)14-5-3-4-6-14/h7,9,13-14,16H,3-6,8,10-12H2,1-2H3,(H,21,24). The van der Waals surface area contributed by atoms with Crippen molar-refractivity contribution in [1.29, 1.82) is 0 Å². The number of ether oxygens (including phenoxy) is 1. The molecule has 1 saturated heterocycles. The van der Waals surface area contributed by atoms with E-state index in [1.807, 2.05) is 4.40 Å². The fraction of sp³-hybridized carbons (Fsp3) is 0.684. The van der Waals surface area contributed by atoms with Gasteiger partial charge in [-0.1, -0.05) is 26.7 Å². The maximum atomic E-state index is 12.4. The molecule has 2 aromatic rings. The van der Waals surface area contributed by atoms with E-state index in [9.17, 15) is 4.79 Å². The van der Waals surface area contributed by atoms with Gasteiger partial charge in [0.05, 0.1) is 12.3 Å². The lowest BCUT2D eigenvalue weighted by molar-refractivity contribution is -0.0662. The van der Waals surface area contributed by atoms with E-state index in [0.717, 1.165) is 37.8 Å². The summed E-state index contributed by atoms with van der Waals surface area (Å²) in [5.41, 5.74) is 1.58. The molecule has 1 aliphatic heterocycles. The van der Waals surface area contributed by atoms with E-state index < -0.39 is 0 Å². The number of likely N-dealkylation sites (tertiary alicyclic amines) is 1. The molecule has 3 heterocycles. The van der Waals surface area contributed by atoms with E-state index >= 15 is 0 Å². The van der Waals surface area contributed by atoms with Crippen molar-refractivity contribution in [2.45, 2.75) is 58.1 Å². The van der Waals surface area contributed by atoms with Crippen LogP contribution in [-0.4, -0.2) is 45.1 Å². The molecule has 2 aromatic heterocycles. The molecule has 0 radical (unpaired) electrons. The van der Waals surface area contributed by atoms with Gasteiger partial charge in [-0.25, -0.2) is 4.98 Å². The topological polar surface area (TPSA) is 62.6 Å². The third kappa shape index (κ3) is 3.51. The second-order valence-corrected chi connectivity index (χ2v) is 8.00. The summed E-state index contributed by atoms with van der Waals surface area (Å²) in [6, 6.07) is 0. The van der Waals surface area contributed by atoms with Crippen LogP contribution in [0, 0.1) is 5.92 Å². The Morgan fingerprint density at radius 1 is 1.32 bits per heavy atom. The molecule has 1 saturated carbocycles. The van der Waals surface area contributed by atoms with Crippen molar-refractivity contribution < 1.29 is 4.74 Å². The normalized spacial score (nSPS) is 20.0. The summed E-state index contributed by atoms with van der Waals surface area (Å²) in [6.45, 7) is 7.79. The van der Waals surface area contributed by atoms with Crippen molar-refractivity contribution in [1.82, 2.24) is 19.3 Å². The number of H-pyrrole nitrogens is 1. The molecule has 0 amide bonds. The Morgan fingerprint density at radius 2 is 2.08 bits per heavy atom. The minimum Gasteiger partial charge on any atom is -0.375 e. The summed E-state index contributed by atoms with van der Waals surface area (Å²) in [4.78, 5) is 22.3. The molecule has 0 bridgehead atoms. The highest BCUT2D eigenvalue weighted by Crippen LogP contribution is 2.33. The molecule has 1 N–H and O–H groups in total. The van der Waals surface area contributed by atoms with Gasteiger partial charge in [-0.3, -0.25) is 14.1 Å². The largest absolute Gasteiger partial charge is 0.375 e. The second kappa shape index (κ2) is 6.92. The van der Waals surface area contributed by atoms with Gasteiger partial charge in [-0.2, -0.15) is 0 Å². The molecule has 136 valence electrons. The number of nitrogens with zero attached hydrogens (tertiary/aromatic N) is 3. The number of fused-ring (bicyclic) bond motifs is 1. The van der Waals surface area contributed by atoms with Gasteiger partial charge in [-0.15, -0.1) is 0 Å². The lowest BCUT2D eigenvalue weighted by Gasteiger charge is -2.39. The Bertz CT molecular complexity index is 782. The van der Waals surface area contributed by atoms with Crippen LogP contribution >= 0.6 is 0 Å². The number of nitrogens with one attached hydrogen (secondary N) is 1. The molecule has 2 aliphatic rings. The molecule has 0 atom stereocenters. The fourth-order valence-electron chi connectivity index (χ4n) is 3.97. The smallest absolute Gasteiger partial charge is 0.274 e. The molecule has 4 rings (SSSR count). The summed E-state index contributed by atoms with van der Waals surface area (Å²) in [5.74, 6) is 2.12. The van der Waals surface area contributed by atoms with Crippen molar-refractivity contribution in [3.05, 3.63) is 34.3 Å². The first-order valence-electron chi connectivity index (χ1n) is 9.53. The molecule has 0 aromatic carbocycles. The van der Waals surface area contributed by atoms with Crippen LogP contribution in [0.2, 0.25) is 0 Å². The quantitative estimate of drug-likeness (QED) is 0.875. The predicted molar refractivity (Wildman–Crippen MR) is 96.9 cm³/mol. The van der Waals surface area contributed by atoms with Crippen LogP contribution in [-0.2, 0) is 11.3 Å². The number of aromatic nitrogens is 3. The van der Waals surface area contributed by atoms with Crippen LogP contribution < -0.4 is 5.56 Å². The number of aromatic amines is 1. The Hall–Kier alpha value is -1.66. The van der Waals surface area contributed by atoms with Crippen LogP contribution in [0.1, 0.15) is 57.0 Å². The molecular formula is C19H28N4O2. The van der Waals surface area contributed by atoms with Gasteiger partial charge < -0.3 is 9.72 Å². The van der Waals surface area contributed by atoms with E-state index in [-0.39, 0.29) is 5.56 Å². The van der Waals surface area contributed by atoms with Crippen LogP contribution in [0.25, 0.3) is 5.52 Å². The van der Waals surface area contributed by atoms with Gasteiger partial charge in [0.2, 0.25) is 0 Å². The highest BCUT2D eigenvalue weighted by atomic mass is 16.5. The molecular weight excluding hydrogens is 316 g/mol. The highest BCUT2D eigenvalue weighted by Gasteiger charge is 2.28. The Morgan fingerprint density at radius 3 is 2.80 bits per heavy atom. The van der Waals surface area contributed by atoms with Gasteiger partial charge in [0.1, 0.15) is 11.3 Å². The zero-order valence-electron chi connectivity index (χ0n) is 15.2. The van der Waals surface area contributed by atoms with Gasteiger partial charge in [-0.05, 0) is 18.8 Å². The molecule has 6 heteroatoms. The average molecular weight is 344 g/mol. The lowest BCUT2D eigenvalue weighted by Crippen LogP contribution is -2.52. The number of rotatable bonds is 6. The van der Waals surface area contributed by atoms with Crippen molar-refractivity contribution in [3.63, 3.8) is 0 Å². The molecule has 0 spiro atoms. The van der Waals surface area contributed by atoms with Crippen LogP contribution in [0.15, 0.2) is 17.2 Å². The van der Waals surface area contributed by atoms with Gasteiger partial charge in [0.25, 0.3) is 5.56 Å². The zero-order valence-corrected chi connectivity index (χ0v) is 15.2. The van der Waals surface area contributed by atoms with Crippen molar-refractivity contribution in [3.8, 4) is 0 Å². The first-order chi connectivity index (χ1) is 12.1. The summed E-state index contributed by atoms with van der Waals surface area (Å²) in [6.07, 6.45) is 9.02. The van der Waals surface area contributed by atoms with E-state index in [2.05, 4.69) is 34.9 Å². The van der Waals surface area contributed by atoms with E-state index in [1.54, 1.807) is 6.20 Å². The fourth-order valence-corrected chi connectivity index (χ4v) is 3.97. The van der Waals surface area contributed by atoms with E-state index in [1.165, 1.54) is 25.7 Å². The predicted octanol–water partition coefficient (Wildman–Crippen LogP) is 2.54. The van der Waals surface area contributed by atoms with E-state index in [4.69, 9.17) is 4.74 Å². The third-order valence-corrected chi connectivity index (χ3v) is 5.32. The minimum atomic E-state index is -0.0395. The van der Waals surface area contributed by atoms with Crippen molar-refractivity contribution in [2.75, 3.05) is 19.7 Å². The molecule has 25 heavy (non-hydrogen) atoms. The van der Waals surface area contributed by atoms with Crippen LogP contribution in [0.3, 0.4) is 0 Å². The molecule has 2 fully saturated rings. The summed E-state index contributed by atoms with van der Waals surface area (Å²) in [5, 5.41) is 0. The first kappa shape index (κ1) is 16.8. The average Bonchev–Trinajstić information content (AvgIpc) is 3.17. The minimum absolute atomic E-state index is 0.0395. The number of hydrogen-bond acceptors (Lipinski definition) is 4. The molecule has 1 aliphatic carbocycles. The van der Waals surface area contributed by atoms with Gasteiger partial charge in [0, 0.05) is 44.0 Å². The van der Waals surface area contributed by atoms with Gasteiger partial charge in [0.15, 0.2) is 0 Å². The maximum absolute atomic E-state index is 12.4. The summed E-state index contributed by atoms with van der Waals surface area (Å²) < 4.78 is 7.87. The van der Waals surface area contributed by atoms with E-state index in [0.29, 0.717) is 23.5 Å². The summed E-state index contributed by atoms with van der Waals surface area (Å²) in [7, 11) is 0. The number of imidazole rings is 1. The number of hydrogen-bond donors (Lipinski definition) is 1. The third-order valence-electron chi connectivity index (χ3n) is 5.32. The highest BCUT2D eigenvalue weighted by molar-refractivity contribution is 5.44. The lowest BCUT2D eigenvalue weighted by atomic mass is 10.1. The zero-order chi connectivity index (χ0) is 17.4. The van der Waals surface area contributed by atoms with Crippen molar-refractivity contribution >= 4 is 5.52 Å². The Balaban J connectivity index is 1.46. The maximum Gasteiger partial charge on any atom is 0.274 e. The molecule has 0 unspecified atom stereocenters. The van der Waals surface area contributed by atoms with Crippen LogP contribution in [0.5, 0.6) is 0 Å². The first-order valence-corrected chi connectivity index (χ1v) is 9.53. The van der Waals surface area contributed by atoms with Gasteiger partial charge >= 0.3 is 0 Å². The summed E-state index contributed by atoms with van der Waals surface area (Å²) >= 11 is 0. The SMILES string of the molecule is CC(C)COC1CN(Cc2cn3c(C4CCCC4)ncc3c(=O)[nH]2)C1. The van der Waals surface area contributed by atoms with Crippen LogP contribution in [0.4, 0.5) is 0 Å².